The maximum atomic E-state index is 5.70. The van der Waals surface area contributed by atoms with E-state index in [2.05, 4.69) is 108 Å². The molecule has 0 bridgehead atoms. The highest BCUT2D eigenvalue weighted by Crippen LogP contribution is 2.59. The number of hydrogen-bond donors (Lipinski definition) is 0. The first kappa shape index (κ1) is 26.8. The highest BCUT2D eigenvalue weighted by atomic mass is 31.2. The van der Waals surface area contributed by atoms with Gasteiger partial charge in [0.05, 0.1) is 21.3 Å². The van der Waals surface area contributed by atoms with Crippen LogP contribution in [0.3, 0.4) is 0 Å². The van der Waals surface area contributed by atoms with Gasteiger partial charge in [0.25, 0.3) is 0 Å². The fourth-order valence-electron chi connectivity index (χ4n) is 6.06. The predicted molar refractivity (Wildman–Crippen MR) is 159 cm³/mol. The van der Waals surface area contributed by atoms with E-state index < -0.39 is 7.26 Å². The second-order valence-corrected chi connectivity index (χ2v) is 13.0. The standard InChI is InChI=1S/C33H38O3P/c1-21-15-27(34-7)16-22(2)31(21)37(30-13-11-10-12-14-30,32-23(3)17-28(35-8)18-24(32)4)33-25(5)19-29(36-9)20-26(33)6/h10-20H,1-9H3/q+1. The Labute approximate surface area is 222 Å². The van der Waals surface area contributed by atoms with Crippen LogP contribution in [0.1, 0.15) is 33.4 Å². The Morgan fingerprint density at radius 3 is 0.946 bits per heavy atom. The van der Waals surface area contributed by atoms with E-state index in [1.807, 2.05) is 0 Å². The molecule has 0 radical (unpaired) electrons. The van der Waals surface area contributed by atoms with E-state index in [1.54, 1.807) is 21.3 Å². The van der Waals surface area contributed by atoms with Crippen molar-refractivity contribution in [2.45, 2.75) is 41.5 Å². The molecule has 4 aromatic carbocycles. The van der Waals surface area contributed by atoms with E-state index >= 15 is 0 Å². The molecule has 0 aliphatic carbocycles. The third-order valence-electron chi connectivity index (χ3n) is 7.25. The fraction of sp³-hybridized carbons (Fsp3) is 0.273. The first-order valence-electron chi connectivity index (χ1n) is 12.6. The summed E-state index contributed by atoms with van der Waals surface area (Å²) in [4.78, 5) is 0. The number of benzene rings is 4. The molecule has 0 spiro atoms. The van der Waals surface area contributed by atoms with E-state index in [0.29, 0.717) is 0 Å². The smallest absolute Gasteiger partial charge is 0.146 e. The largest absolute Gasteiger partial charge is 0.497 e. The molecule has 0 saturated heterocycles. The maximum Gasteiger partial charge on any atom is 0.146 e. The highest BCUT2D eigenvalue weighted by Gasteiger charge is 2.53. The van der Waals surface area contributed by atoms with Crippen LogP contribution in [-0.4, -0.2) is 21.3 Å². The molecule has 0 aliphatic heterocycles. The zero-order valence-electron chi connectivity index (χ0n) is 23.5. The molecule has 0 unspecified atom stereocenters. The van der Waals surface area contributed by atoms with Crippen molar-refractivity contribution in [2.24, 2.45) is 0 Å². The van der Waals surface area contributed by atoms with Crippen molar-refractivity contribution in [1.82, 2.24) is 0 Å². The molecule has 4 heteroatoms. The molecule has 0 atom stereocenters. The Hall–Kier alpha value is -3.29. The van der Waals surface area contributed by atoms with Crippen LogP contribution in [0.5, 0.6) is 17.2 Å². The minimum atomic E-state index is -2.39. The summed E-state index contributed by atoms with van der Waals surface area (Å²) >= 11 is 0. The van der Waals surface area contributed by atoms with E-state index in [-0.39, 0.29) is 0 Å². The first-order chi connectivity index (χ1) is 17.7. The molecule has 0 fully saturated rings. The lowest BCUT2D eigenvalue weighted by Gasteiger charge is -2.34. The van der Waals surface area contributed by atoms with Crippen molar-refractivity contribution < 1.29 is 14.2 Å². The van der Waals surface area contributed by atoms with Crippen molar-refractivity contribution in [3.63, 3.8) is 0 Å². The Balaban J connectivity index is 2.34. The van der Waals surface area contributed by atoms with Crippen LogP contribution in [0.15, 0.2) is 66.7 Å². The SMILES string of the molecule is COc1cc(C)c([P+](c2ccccc2)(c2c(C)cc(OC)cc2C)c2c(C)cc(OC)cc2C)c(C)c1. The lowest BCUT2D eigenvalue weighted by molar-refractivity contribution is 0.414. The Bertz CT molecular complexity index is 1230. The summed E-state index contributed by atoms with van der Waals surface area (Å²) in [6.45, 7) is 13.4. The van der Waals surface area contributed by atoms with Crippen molar-refractivity contribution in [1.29, 1.82) is 0 Å². The minimum Gasteiger partial charge on any atom is -0.497 e. The average Bonchev–Trinajstić information content (AvgIpc) is 2.87. The Kier molecular flexibility index (Phi) is 7.67. The molecule has 4 aromatic rings. The van der Waals surface area contributed by atoms with Gasteiger partial charge >= 0.3 is 0 Å². The van der Waals surface area contributed by atoms with Gasteiger partial charge in [-0.05, 0) is 123 Å². The van der Waals surface area contributed by atoms with E-state index in [9.17, 15) is 0 Å². The lowest BCUT2D eigenvalue weighted by Crippen LogP contribution is -2.44. The minimum absolute atomic E-state index is 0.885. The van der Waals surface area contributed by atoms with Gasteiger partial charge in [0.1, 0.15) is 45.7 Å². The Morgan fingerprint density at radius 1 is 0.432 bits per heavy atom. The second kappa shape index (κ2) is 10.6. The predicted octanol–water partition coefficient (Wildman–Crippen LogP) is 6.18. The summed E-state index contributed by atoms with van der Waals surface area (Å²) in [6, 6.07) is 24.2. The third-order valence-corrected chi connectivity index (χ3v) is 12.5. The number of rotatable bonds is 7. The van der Waals surface area contributed by atoms with E-state index in [0.717, 1.165) is 17.2 Å². The summed E-state index contributed by atoms with van der Waals surface area (Å²) in [6.07, 6.45) is 0. The van der Waals surface area contributed by atoms with Gasteiger partial charge in [-0.2, -0.15) is 0 Å². The molecule has 0 heterocycles. The summed E-state index contributed by atoms with van der Waals surface area (Å²) in [5, 5.41) is 5.48. The van der Waals surface area contributed by atoms with Crippen molar-refractivity contribution in [2.75, 3.05) is 21.3 Å². The molecule has 0 aliphatic rings. The molecule has 0 N–H and O–H groups in total. The molecule has 37 heavy (non-hydrogen) atoms. The molecular formula is C33H38O3P+. The van der Waals surface area contributed by atoms with Crippen LogP contribution in [0, 0.1) is 41.5 Å². The van der Waals surface area contributed by atoms with Gasteiger partial charge in [-0.15, -0.1) is 0 Å². The van der Waals surface area contributed by atoms with Gasteiger partial charge in [-0.3, -0.25) is 0 Å². The fourth-order valence-corrected chi connectivity index (χ4v) is 11.7. The van der Waals surface area contributed by atoms with Crippen LogP contribution in [0.25, 0.3) is 0 Å². The summed E-state index contributed by atoms with van der Waals surface area (Å²) in [7, 11) is 2.83. The average molecular weight is 514 g/mol. The van der Waals surface area contributed by atoms with Gasteiger partial charge in [0.2, 0.25) is 0 Å². The number of ether oxygens (including phenoxy) is 3. The van der Waals surface area contributed by atoms with Gasteiger partial charge < -0.3 is 14.2 Å². The number of methoxy groups -OCH3 is 3. The van der Waals surface area contributed by atoms with Crippen molar-refractivity contribution >= 4 is 28.5 Å². The van der Waals surface area contributed by atoms with Gasteiger partial charge in [-0.1, -0.05) is 18.2 Å². The summed E-state index contributed by atoms with van der Waals surface area (Å²) in [5.74, 6) is 2.66. The van der Waals surface area contributed by atoms with Crippen molar-refractivity contribution in [3.8, 4) is 17.2 Å². The molecule has 3 nitrogen and oxygen atoms in total. The number of hydrogen-bond acceptors (Lipinski definition) is 3. The molecule has 4 rings (SSSR count). The monoisotopic (exact) mass is 513 g/mol. The highest BCUT2D eigenvalue weighted by molar-refractivity contribution is 8.02. The van der Waals surface area contributed by atoms with Crippen molar-refractivity contribution in [3.05, 3.63) is 100 Å². The first-order valence-corrected chi connectivity index (χ1v) is 14.4. The zero-order chi connectivity index (χ0) is 26.9. The topological polar surface area (TPSA) is 27.7 Å². The quantitative estimate of drug-likeness (QED) is 0.276. The normalized spacial score (nSPS) is 11.4. The van der Waals surface area contributed by atoms with Crippen LogP contribution in [0.2, 0.25) is 0 Å². The zero-order valence-corrected chi connectivity index (χ0v) is 24.4. The van der Waals surface area contributed by atoms with Crippen LogP contribution < -0.4 is 35.4 Å². The second-order valence-electron chi connectivity index (χ2n) is 9.84. The summed E-state index contributed by atoms with van der Waals surface area (Å²) < 4.78 is 17.1. The van der Waals surface area contributed by atoms with Crippen LogP contribution in [0.4, 0.5) is 0 Å². The third kappa shape index (κ3) is 4.51. The van der Waals surface area contributed by atoms with E-state index in [1.165, 1.54) is 54.6 Å². The molecule has 0 aromatic heterocycles. The van der Waals surface area contributed by atoms with E-state index in [4.69, 9.17) is 14.2 Å². The molecule has 0 amide bonds. The summed E-state index contributed by atoms with van der Waals surface area (Å²) in [5.41, 5.74) is 7.41. The van der Waals surface area contributed by atoms with Gasteiger partial charge in [0, 0.05) is 0 Å². The number of aryl methyl sites for hydroxylation is 6. The molecule has 192 valence electrons. The molecule has 0 saturated carbocycles. The lowest BCUT2D eigenvalue weighted by atomic mass is 10.1. The molecular weight excluding hydrogens is 475 g/mol. The van der Waals surface area contributed by atoms with Gasteiger partial charge in [0.15, 0.2) is 0 Å². The van der Waals surface area contributed by atoms with Crippen LogP contribution in [-0.2, 0) is 0 Å². The Morgan fingerprint density at radius 2 is 0.703 bits per heavy atom. The maximum absolute atomic E-state index is 5.70. The van der Waals surface area contributed by atoms with Gasteiger partial charge in [-0.25, -0.2) is 0 Å². The van der Waals surface area contributed by atoms with Crippen LogP contribution >= 0.6 is 7.26 Å².